The standard InChI is InChI=1S/C15H22NO4.BF4/c1-10-6-11(2)16(12(3)7-10)15(8-19-13(4)17)9-20-14(5)18;2-1(3,4)5/h6-7,15H,8-9H2,1-5H3;/q+1;-1. The van der Waals surface area contributed by atoms with Gasteiger partial charge in [0.25, 0.3) is 0 Å². The highest BCUT2D eigenvalue weighted by molar-refractivity contribution is 6.50. The maximum atomic E-state index is 11.0. The number of rotatable bonds is 5. The normalized spacial score (nSPS) is 10.8. The summed E-state index contributed by atoms with van der Waals surface area (Å²) in [6.45, 7) is 9.07. The number of aryl methyl sites for hydroxylation is 3. The second kappa shape index (κ2) is 10.00. The van der Waals surface area contributed by atoms with E-state index in [4.69, 9.17) is 9.47 Å². The molecule has 0 radical (unpaired) electrons. The number of carbonyl (C=O) groups excluding carboxylic acids is 2. The Balaban J connectivity index is 0.00000101. The van der Waals surface area contributed by atoms with Gasteiger partial charge in [0.1, 0.15) is 0 Å². The van der Waals surface area contributed by atoms with E-state index in [2.05, 4.69) is 0 Å². The second-order valence-corrected chi connectivity index (χ2v) is 5.44. The summed E-state index contributed by atoms with van der Waals surface area (Å²) in [6.07, 6.45) is 0. The van der Waals surface area contributed by atoms with Crippen molar-refractivity contribution in [2.75, 3.05) is 13.2 Å². The van der Waals surface area contributed by atoms with Crippen molar-refractivity contribution in [3.63, 3.8) is 0 Å². The fraction of sp³-hybridized carbons (Fsp3) is 0.533. The molecule has 0 aliphatic carbocycles. The topological polar surface area (TPSA) is 56.5 Å². The third kappa shape index (κ3) is 11.1. The molecule has 0 atom stereocenters. The summed E-state index contributed by atoms with van der Waals surface area (Å²) in [6, 6.07) is 3.87. The number of ether oxygens (including phenoxy) is 2. The molecule has 25 heavy (non-hydrogen) atoms. The summed E-state index contributed by atoms with van der Waals surface area (Å²) < 4.78 is 51.2. The molecule has 0 aliphatic rings. The highest BCUT2D eigenvalue weighted by atomic mass is 19.5. The van der Waals surface area contributed by atoms with Crippen LogP contribution in [-0.4, -0.2) is 32.4 Å². The minimum Gasteiger partial charge on any atom is -0.459 e. The van der Waals surface area contributed by atoms with E-state index in [0.29, 0.717) is 0 Å². The van der Waals surface area contributed by atoms with Crippen LogP contribution in [0.2, 0.25) is 0 Å². The predicted molar refractivity (Wildman–Crippen MR) is 83.3 cm³/mol. The number of aromatic nitrogens is 1. The summed E-state index contributed by atoms with van der Waals surface area (Å²) in [5.41, 5.74) is 3.23. The van der Waals surface area contributed by atoms with Crippen molar-refractivity contribution in [1.29, 1.82) is 0 Å². The van der Waals surface area contributed by atoms with Gasteiger partial charge in [0.2, 0.25) is 6.04 Å². The van der Waals surface area contributed by atoms with Crippen LogP contribution in [0.1, 0.15) is 36.8 Å². The third-order valence-electron chi connectivity index (χ3n) is 2.96. The minimum atomic E-state index is -6.00. The zero-order valence-corrected chi connectivity index (χ0v) is 14.8. The molecule has 0 spiro atoms. The Morgan fingerprint density at radius 3 is 1.56 bits per heavy atom. The van der Waals surface area contributed by atoms with Crippen LogP contribution in [0, 0.1) is 20.8 Å². The van der Waals surface area contributed by atoms with E-state index in [-0.39, 0.29) is 31.2 Å². The van der Waals surface area contributed by atoms with Crippen LogP contribution in [0.4, 0.5) is 17.3 Å². The zero-order valence-electron chi connectivity index (χ0n) is 14.8. The van der Waals surface area contributed by atoms with Crippen molar-refractivity contribution in [2.45, 2.75) is 40.7 Å². The Morgan fingerprint density at radius 1 is 0.960 bits per heavy atom. The lowest BCUT2D eigenvalue weighted by Crippen LogP contribution is -2.49. The van der Waals surface area contributed by atoms with Gasteiger partial charge in [0, 0.05) is 39.8 Å². The third-order valence-corrected chi connectivity index (χ3v) is 2.96. The first-order chi connectivity index (χ1) is 11.3. The number of nitrogens with zero attached hydrogens (tertiary/aromatic N) is 1. The maximum Gasteiger partial charge on any atom is 0.673 e. The number of hydrogen-bond acceptors (Lipinski definition) is 4. The molecule has 0 saturated heterocycles. The molecule has 142 valence electrons. The van der Waals surface area contributed by atoms with Gasteiger partial charge in [-0.05, 0) is 12.5 Å². The van der Waals surface area contributed by atoms with Gasteiger partial charge in [0.05, 0.1) is 0 Å². The Hall–Kier alpha value is -2.13. The van der Waals surface area contributed by atoms with Gasteiger partial charge < -0.3 is 26.7 Å². The first kappa shape index (κ1) is 22.9. The van der Waals surface area contributed by atoms with Crippen molar-refractivity contribution in [3.05, 3.63) is 29.1 Å². The van der Waals surface area contributed by atoms with Crippen LogP contribution >= 0.6 is 0 Å². The molecule has 0 amide bonds. The van der Waals surface area contributed by atoms with Crippen molar-refractivity contribution in [2.24, 2.45) is 0 Å². The lowest BCUT2D eigenvalue weighted by atomic mass is 10.1. The first-order valence-electron chi connectivity index (χ1n) is 7.44. The van der Waals surface area contributed by atoms with Crippen LogP contribution in [0.15, 0.2) is 12.1 Å². The minimum absolute atomic E-state index is 0.179. The second-order valence-electron chi connectivity index (χ2n) is 5.44. The van der Waals surface area contributed by atoms with Crippen LogP contribution < -0.4 is 4.57 Å². The summed E-state index contributed by atoms with van der Waals surface area (Å²) in [5, 5.41) is 0. The molecule has 10 heteroatoms. The van der Waals surface area contributed by atoms with Crippen LogP contribution in [0.25, 0.3) is 0 Å². The summed E-state index contributed by atoms with van der Waals surface area (Å²) in [5.74, 6) is -0.693. The van der Waals surface area contributed by atoms with Gasteiger partial charge in [0.15, 0.2) is 24.6 Å². The van der Waals surface area contributed by atoms with Gasteiger partial charge in [-0.2, -0.15) is 4.57 Å². The van der Waals surface area contributed by atoms with Gasteiger partial charge in [-0.1, -0.05) is 0 Å². The Kier molecular flexibility index (Phi) is 9.15. The molecule has 0 aliphatic heterocycles. The van der Waals surface area contributed by atoms with Gasteiger partial charge >= 0.3 is 19.2 Å². The summed E-state index contributed by atoms with van der Waals surface area (Å²) >= 11 is 0. The Labute approximate surface area is 144 Å². The highest BCUT2D eigenvalue weighted by Gasteiger charge is 2.26. The largest absolute Gasteiger partial charge is 0.673 e. The molecule has 0 saturated carbocycles. The molecule has 5 nitrogen and oxygen atoms in total. The van der Waals surface area contributed by atoms with Gasteiger partial charge in [-0.15, -0.1) is 0 Å². The fourth-order valence-corrected chi connectivity index (χ4v) is 2.32. The average Bonchev–Trinajstić information content (AvgIpc) is 2.37. The molecule has 0 aromatic carbocycles. The Morgan fingerprint density at radius 2 is 1.28 bits per heavy atom. The predicted octanol–water partition coefficient (Wildman–Crippen LogP) is 2.87. The van der Waals surface area contributed by atoms with E-state index < -0.39 is 7.25 Å². The van der Waals surface area contributed by atoms with E-state index in [1.165, 1.54) is 13.8 Å². The van der Waals surface area contributed by atoms with Crippen molar-refractivity contribution in [1.82, 2.24) is 0 Å². The fourth-order valence-electron chi connectivity index (χ4n) is 2.32. The number of hydrogen-bond donors (Lipinski definition) is 0. The number of carbonyl (C=O) groups is 2. The molecule has 1 rings (SSSR count). The summed E-state index contributed by atoms with van der Waals surface area (Å²) in [7, 11) is -6.00. The van der Waals surface area contributed by atoms with Crippen LogP contribution in [-0.2, 0) is 19.1 Å². The maximum absolute atomic E-state index is 11.0. The summed E-state index contributed by atoms with van der Waals surface area (Å²) in [4.78, 5) is 22.0. The molecule has 0 unspecified atom stereocenters. The SMILES string of the molecule is CC(=O)OCC(COC(C)=O)[n+]1c(C)cc(C)cc1C.F[B-](F)(F)F. The van der Waals surface area contributed by atoms with E-state index in [0.717, 1.165) is 17.0 Å². The number of esters is 2. The lowest BCUT2D eigenvalue weighted by Gasteiger charge is -2.16. The number of pyridine rings is 1. The Bertz CT molecular complexity index is 561. The van der Waals surface area contributed by atoms with Gasteiger partial charge in [-0.25, -0.2) is 0 Å². The quantitative estimate of drug-likeness (QED) is 0.348. The van der Waals surface area contributed by atoms with Crippen LogP contribution in [0.3, 0.4) is 0 Å². The van der Waals surface area contributed by atoms with E-state index in [1.807, 2.05) is 37.5 Å². The average molecular weight is 367 g/mol. The highest BCUT2D eigenvalue weighted by Crippen LogP contribution is 2.08. The molecule has 1 heterocycles. The molecule has 0 fully saturated rings. The van der Waals surface area contributed by atoms with Crippen molar-refractivity contribution < 1.29 is 40.9 Å². The molecular weight excluding hydrogens is 345 g/mol. The van der Waals surface area contributed by atoms with E-state index in [9.17, 15) is 26.9 Å². The monoisotopic (exact) mass is 367 g/mol. The smallest absolute Gasteiger partial charge is 0.459 e. The molecule has 1 aromatic rings. The molecule has 1 aromatic heterocycles. The molecule has 0 bridgehead atoms. The van der Waals surface area contributed by atoms with Gasteiger partial charge in [-0.3, -0.25) is 9.59 Å². The molecular formula is C15H22BF4NO4. The number of halogens is 4. The zero-order chi connectivity index (χ0) is 19.8. The van der Waals surface area contributed by atoms with Crippen molar-refractivity contribution >= 4 is 19.2 Å². The van der Waals surface area contributed by atoms with E-state index in [1.54, 1.807) is 0 Å². The van der Waals surface area contributed by atoms with E-state index >= 15 is 0 Å². The lowest BCUT2D eigenvalue weighted by molar-refractivity contribution is -0.736. The molecule has 0 N–H and O–H groups in total. The first-order valence-corrected chi connectivity index (χ1v) is 7.44. The van der Waals surface area contributed by atoms with Crippen molar-refractivity contribution in [3.8, 4) is 0 Å². The van der Waals surface area contributed by atoms with Crippen LogP contribution in [0.5, 0.6) is 0 Å².